The smallest absolute Gasteiger partial charge is 0.0885 e. The van der Waals surface area contributed by atoms with Crippen LogP contribution < -0.4 is 5.32 Å². The number of aromatic nitrogens is 2. The van der Waals surface area contributed by atoms with Crippen LogP contribution >= 0.6 is 0 Å². The molecular weight excluding hydrogens is 178 g/mol. The van der Waals surface area contributed by atoms with Gasteiger partial charge in [-0.3, -0.25) is 4.68 Å². The molecule has 1 N–H and O–H groups in total. The van der Waals surface area contributed by atoms with Crippen molar-refractivity contribution in [2.24, 2.45) is 7.05 Å². The minimum atomic E-state index is 0.726. The normalized spacial score (nSPS) is 10.1. The van der Waals surface area contributed by atoms with Crippen molar-refractivity contribution < 1.29 is 4.74 Å². The third kappa shape index (κ3) is 4.09. The molecule has 0 aliphatic heterocycles. The van der Waals surface area contributed by atoms with E-state index in [1.165, 1.54) is 11.8 Å². The van der Waals surface area contributed by atoms with Gasteiger partial charge >= 0.3 is 0 Å². The van der Waals surface area contributed by atoms with Crippen molar-refractivity contribution >= 4 is 0 Å². The third-order valence-electron chi connectivity index (χ3n) is 1.82. The van der Waals surface area contributed by atoms with Crippen molar-refractivity contribution in [1.29, 1.82) is 0 Å². The van der Waals surface area contributed by atoms with Gasteiger partial charge in [0.1, 0.15) is 0 Å². The Labute approximate surface area is 84.6 Å². The molecule has 4 heteroatoms. The summed E-state index contributed by atoms with van der Waals surface area (Å²) in [7, 11) is 1.92. The van der Waals surface area contributed by atoms with Crippen LogP contribution in [0.5, 0.6) is 0 Å². The van der Waals surface area contributed by atoms with E-state index in [9.17, 15) is 0 Å². The summed E-state index contributed by atoms with van der Waals surface area (Å²) in [6, 6.07) is 0. The van der Waals surface area contributed by atoms with Gasteiger partial charge in [0.15, 0.2) is 0 Å². The van der Waals surface area contributed by atoms with Crippen molar-refractivity contribution in [2.45, 2.75) is 13.0 Å². The van der Waals surface area contributed by atoms with Crippen molar-refractivity contribution in [3.8, 4) is 0 Å². The first-order valence-corrected chi connectivity index (χ1v) is 4.73. The Morgan fingerprint density at radius 1 is 1.71 bits per heavy atom. The predicted molar refractivity (Wildman–Crippen MR) is 55.7 cm³/mol. The first-order chi connectivity index (χ1) is 6.83. The lowest BCUT2D eigenvalue weighted by atomic mass is 10.3. The van der Waals surface area contributed by atoms with E-state index in [1.54, 1.807) is 4.68 Å². The topological polar surface area (TPSA) is 39.1 Å². The second-order valence-corrected chi connectivity index (χ2v) is 3.09. The van der Waals surface area contributed by atoms with Crippen LogP contribution in [0, 0.1) is 0 Å². The van der Waals surface area contributed by atoms with E-state index in [0.717, 1.165) is 26.1 Å². The lowest BCUT2D eigenvalue weighted by Crippen LogP contribution is -2.15. The molecule has 78 valence electrons. The van der Waals surface area contributed by atoms with Gasteiger partial charge in [0.05, 0.1) is 19.1 Å². The number of nitrogens with one attached hydrogen (secondary N) is 1. The number of hydrogen-bond acceptors (Lipinski definition) is 3. The predicted octanol–water partition coefficient (Wildman–Crippen LogP) is 1.06. The van der Waals surface area contributed by atoms with Gasteiger partial charge in [-0.05, 0) is 13.0 Å². The summed E-state index contributed by atoms with van der Waals surface area (Å²) in [4.78, 5) is 0. The van der Waals surface area contributed by atoms with Crippen LogP contribution in [0.25, 0.3) is 0 Å². The summed E-state index contributed by atoms with van der Waals surface area (Å²) in [6.07, 6.45) is 6.34. The maximum atomic E-state index is 5.00. The first-order valence-electron chi connectivity index (χ1n) is 4.73. The van der Waals surface area contributed by atoms with E-state index in [-0.39, 0.29) is 0 Å². The highest BCUT2D eigenvalue weighted by molar-refractivity contribution is 5.02. The average molecular weight is 195 g/mol. The maximum Gasteiger partial charge on any atom is 0.0885 e. The highest BCUT2D eigenvalue weighted by Crippen LogP contribution is 1.94. The fourth-order valence-electron chi connectivity index (χ4n) is 1.16. The number of nitrogens with zero attached hydrogens (tertiary/aromatic N) is 2. The van der Waals surface area contributed by atoms with Crippen LogP contribution in [0.3, 0.4) is 0 Å². The summed E-state index contributed by atoms with van der Waals surface area (Å²) in [5.74, 6) is 0. The summed E-state index contributed by atoms with van der Waals surface area (Å²) in [5, 5.41) is 7.39. The standard InChI is InChI=1S/C10H17N3O/c1-3-14-6-4-5-11-7-10-8-12-13(2)9-10/h3,8-9,11H,1,4-7H2,2H3. The number of rotatable bonds is 7. The second-order valence-electron chi connectivity index (χ2n) is 3.09. The molecule has 0 amide bonds. The van der Waals surface area contributed by atoms with Gasteiger partial charge in [-0.1, -0.05) is 6.58 Å². The third-order valence-corrected chi connectivity index (χ3v) is 1.82. The largest absolute Gasteiger partial charge is 0.502 e. The maximum absolute atomic E-state index is 5.00. The monoisotopic (exact) mass is 195 g/mol. The quantitative estimate of drug-likeness (QED) is 0.522. The zero-order valence-corrected chi connectivity index (χ0v) is 8.57. The van der Waals surface area contributed by atoms with E-state index >= 15 is 0 Å². The van der Waals surface area contributed by atoms with Crippen LogP contribution in [-0.4, -0.2) is 22.9 Å². The minimum absolute atomic E-state index is 0.726. The van der Waals surface area contributed by atoms with Crippen LogP contribution in [0.2, 0.25) is 0 Å². The molecule has 0 bridgehead atoms. The van der Waals surface area contributed by atoms with Gasteiger partial charge in [-0.25, -0.2) is 0 Å². The van der Waals surface area contributed by atoms with E-state index in [0.29, 0.717) is 0 Å². The fraction of sp³-hybridized carbons (Fsp3) is 0.500. The van der Waals surface area contributed by atoms with Crippen LogP contribution in [0.15, 0.2) is 25.2 Å². The summed E-state index contributed by atoms with van der Waals surface area (Å²) in [6.45, 7) is 6.01. The highest BCUT2D eigenvalue weighted by atomic mass is 16.5. The van der Waals surface area contributed by atoms with E-state index < -0.39 is 0 Å². The Morgan fingerprint density at radius 2 is 2.57 bits per heavy atom. The van der Waals surface area contributed by atoms with Gasteiger partial charge < -0.3 is 10.1 Å². The van der Waals surface area contributed by atoms with Gasteiger partial charge in [0.2, 0.25) is 0 Å². The Bertz CT molecular complexity index is 270. The van der Waals surface area contributed by atoms with Gasteiger partial charge in [-0.2, -0.15) is 5.10 Å². The van der Waals surface area contributed by atoms with Gasteiger partial charge in [0.25, 0.3) is 0 Å². The molecule has 0 aliphatic rings. The molecule has 0 spiro atoms. The Hall–Kier alpha value is -1.29. The van der Waals surface area contributed by atoms with E-state index in [2.05, 4.69) is 17.0 Å². The summed E-state index contributed by atoms with van der Waals surface area (Å²) < 4.78 is 6.80. The molecule has 0 aromatic carbocycles. The molecule has 1 aromatic heterocycles. The SMILES string of the molecule is C=COCCCNCc1cnn(C)c1. The molecule has 0 radical (unpaired) electrons. The van der Waals surface area contributed by atoms with Crippen LogP contribution in [0.4, 0.5) is 0 Å². The highest BCUT2D eigenvalue weighted by Gasteiger charge is 1.94. The molecule has 1 aromatic rings. The van der Waals surface area contributed by atoms with E-state index in [1.807, 2.05) is 19.4 Å². The molecule has 4 nitrogen and oxygen atoms in total. The lowest BCUT2D eigenvalue weighted by Gasteiger charge is -2.02. The molecular formula is C10H17N3O. The Balaban J connectivity index is 2.01. The summed E-state index contributed by atoms with van der Waals surface area (Å²) in [5.41, 5.74) is 1.21. The Kier molecular flexibility index (Phi) is 4.78. The zero-order chi connectivity index (χ0) is 10.2. The Morgan fingerprint density at radius 3 is 3.21 bits per heavy atom. The molecule has 0 saturated heterocycles. The fourth-order valence-corrected chi connectivity index (χ4v) is 1.16. The van der Waals surface area contributed by atoms with Crippen molar-refractivity contribution in [3.63, 3.8) is 0 Å². The van der Waals surface area contributed by atoms with Crippen LogP contribution in [-0.2, 0) is 18.3 Å². The van der Waals surface area contributed by atoms with Crippen LogP contribution in [0.1, 0.15) is 12.0 Å². The molecule has 1 heterocycles. The van der Waals surface area contributed by atoms with Crippen molar-refractivity contribution in [2.75, 3.05) is 13.2 Å². The molecule has 0 unspecified atom stereocenters. The molecule has 0 aliphatic carbocycles. The van der Waals surface area contributed by atoms with Crippen molar-refractivity contribution in [1.82, 2.24) is 15.1 Å². The van der Waals surface area contributed by atoms with Crippen molar-refractivity contribution in [3.05, 3.63) is 30.8 Å². The molecule has 0 fully saturated rings. The minimum Gasteiger partial charge on any atom is -0.502 e. The number of hydrogen-bond donors (Lipinski definition) is 1. The summed E-state index contributed by atoms with van der Waals surface area (Å²) >= 11 is 0. The van der Waals surface area contributed by atoms with E-state index in [4.69, 9.17) is 4.74 Å². The first kappa shape index (κ1) is 10.8. The molecule has 0 atom stereocenters. The van der Waals surface area contributed by atoms with Gasteiger partial charge in [-0.15, -0.1) is 0 Å². The number of ether oxygens (including phenoxy) is 1. The molecule has 14 heavy (non-hydrogen) atoms. The lowest BCUT2D eigenvalue weighted by molar-refractivity contribution is 0.244. The number of aryl methyl sites for hydroxylation is 1. The molecule has 1 rings (SSSR count). The average Bonchev–Trinajstić information content (AvgIpc) is 2.58. The zero-order valence-electron chi connectivity index (χ0n) is 8.57. The second kappa shape index (κ2) is 6.21. The molecule has 0 saturated carbocycles. The van der Waals surface area contributed by atoms with Gasteiger partial charge in [0, 0.05) is 25.4 Å².